The van der Waals surface area contributed by atoms with Gasteiger partial charge in [-0.3, -0.25) is 9.55 Å². The van der Waals surface area contributed by atoms with E-state index in [1.54, 1.807) is 24.0 Å². The molecule has 2 aromatic carbocycles. The number of hydrogen-bond acceptors (Lipinski definition) is 5. The van der Waals surface area contributed by atoms with E-state index in [9.17, 15) is 5.26 Å². The van der Waals surface area contributed by atoms with Crippen LogP contribution in [0.3, 0.4) is 0 Å². The molecule has 170 valence electrons. The van der Waals surface area contributed by atoms with Gasteiger partial charge in [-0.15, -0.1) is 10.2 Å². The summed E-state index contributed by atoms with van der Waals surface area (Å²) in [6.45, 7) is 11.0. The Morgan fingerprint density at radius 1 is 0.882 bits per heavy atom. The Bertz CT molecular complexity index is 1370. The number of benzene rings is 2. The lowest BCUT2D eigenvalue weighted by molar-refractivity contribution is 0.879. The highest BCUT2D eigenvalue weighted by Gasteiger charge is 2.20. The molecule has 0 aliphatic carbocycles. The summed E-state index contributed by atoms with van der Waals surface area (Å²) in [7, 11) is 0. The molecule has 0 aliphatic heterocycles. The third kappa shape index (κ3) is 4.52. The predicted octanol–water partition coefficient (Wildman–Crippen LogP) is 6.56. The highest BCUT2D eigenvalue weighted by molar-refractivity contribution is 7.98. The van der Waals surface area contributed by atoms with Crippen LogP contribution in [0.25, 0.3) is 17.3 Å². The fourth-order valence-corrected chi connectivity index (χ4v) is 5.16. The van der Waals surface area contributed by atoms with E-state index in [2.05, 4.69) is 55.9 Å². The summed E-state index contributed by atoms with van der Waals surface area (Å²) in [6, 6.07) is 17.8. The minimum Gasteiger partial charge on any atom is -0.269 e. The number of thioether (sulfide) groups is 1. The van der Waals surface area contributed by atoms with Crippen molar-refractivity contribution in [2.24, 2.45) is 0 Å². The van der Waals surface area contributed by atoms with Crippen LogP contribution in [-0.4, -0.2) is 19.7 Å². The molecular weight excluding hydrogens is 438 g/mol. The zero-order valence-corrected chi connectivity index (χ0v) is 20.9. The van der Waals surface area contributed by atoms with Crippen LogP contribution in [0.1, 0.15) is 44.9 Å². The highest BCUT2D eigenvalue weighted by atomic mass is 32.2. The van der Waals surface area contributed by atoms with Crippen LogP contribution in [0.2, 0.25) is 0 Å². The molecule has 0 amide bonds. The van der Waals surface area contributed by atoms with Gasteiger partial charge in [-0.1, -0.05) is 36.0 Å². The Morgan fingerprint density at radius 2 is 1.53 bits per heavy atom. The summed E-state index contributed by atoms with van der Waals surface area (Å²) in [5, 5.41) is 19.6. The second-order valence-electron chi connectivity index (χ2n) is 8.29. The van der Waals surface area contributed by atoms with Crippen molar-refractivity contribution < 1.29 is 0 Å². The third-order valence-corrected chi connectivity index (χ3v) is 7.45. The van der Waals surface area contributed by atoms with Crippen LogP contribution in [0.5, 0.6) is 0 Å². The molecule has 2 aromatic heterocycles. The Balaban J connectivity index is 1.78. The number of nitriles is 1. The van der Waals surface area contributed by atoms with Crippen molar-refractivity contribution in [1.82, 2.24) is 19.7 Å². The minimum absolute atomic E-state index is 0.413. The first-order valence-electron chi connectivity index (χ1n) is 11.1. The lowest BCUT2D eigenvalue weighted by Gasteiger charge is -2.18. The van der Waals surface area contributed by atoms with E-state index in [0.717, 1.165) is 16.6 Å². The zero-order valence-electron chi connectivity index (χ0n) is 20.1. The Labute approximate surface area is 205 Å². The molecule has 0 saturated carbocycles. The number of aromatic nitrogens is 4. The monoisotopic (exact) mass is 465 g/mol. The smallest absolute Gasteiger partial charge is 0.196 e. The highest BCUT2D eigenvalue weighted by Crippen LogP contribution is 2.33. The maximum atomic E-state index is 9.96. The average Bonchev–Trinajstić information content (AvgIpc) is 3.29. The van der Waals surface area contributed by atoms with Crippen molar-refractivity contribution >= 4 is 23.4 Å². The lowest BCUT2D eigenvalue weighted by atomic mass is 9.90. The normalized spacial score (nSPS) is 11.5. The van der Waals surface area contributed by atoms with E-state index >= 15 is 0 Å². The maximum Gasteiger partial charge on any atom is 0.196 e. The van der Waals surface area contributed by atoms with Crippen LogP contribution in [0.4, 0.5) is 0 Å². The van der Waals surface area contributed by atoms with Crippen molar-refractivity contribution in [3.05, 3.63) is 99.6 Å². The van der Waals surface area contributed by atoms with Gasteiger partial charge in [0.1, 0.15) is 6.07 Å². The number of nitrogens with zero attached hydrogens (tertiary/aromatic N) is 5. The van der Waals surface area contributed by atoms with Crippen LogP contribution in [0, 0.1) is 45.9 Å². The number of allylic oxidation sites excluding steroid dienone is 1. The fraction of sp³-hybridized carbons (Fsp3) is 0.214. The van der Waals surface area contributed by atoms with Gasteiger partial charge in [0.05, 0.1) is 11.3 Å². The molecule has 4 aromatic rings. The zero-order chi connectivity index (χ0) is 24.2. The molecule has 4 rings (SSSR count). The molecule has 0 fully saturated rings. The van der Waals surface area contributed by atoms with Gasteiger partial charge in [0.2, 0.25) is 0 Å². The SMILES string of the molecule is Cc1c(C)c(C)c(CSc2nnc(C(C#N)=Cc3ccccn3)n2-c2ccccc2)c(C)c1C. The summed E-state index contributed by atoms with van der Waals surface area (Å²) in [5.74, 6) is 1.28. The number of hydrogen-bond donors (Lipinski definition) is 0. The number of para-hydroxylation sites is 1. The van der Waals surface area contributed by atoms with Crippen molar-refractivity contribution in [2.75, 3.05) is 0 Å². The molecule has 0 saturated heterocycles. The number of rotatable bonds is 6. The molecule has 0 atom stereocenters. The van der Waals surface area contributed by atoms with Gasteiger partial charge in [0.25, 0.3) is 0 Å². The topological polar surface area (TPSA) is 67.4 Å². The van der Waals surface area contributed by atoms with Crippen molar-refractivity contribution in [1.29, 1.82) is 5.26 Å². The van der Waals surface area contributed by atoms with E-state index in [1.807, 2.05) is 53.1 Å². The second-order valence-corrected chi connectivity index (χ2v) is 9.24. The summed E-state index contributed by atoms with van der Waals surface area (Å²) in [4.78, 5) is 4.33. The average molecular weight is 466 g/mol. The number of pyridine rings is 1. The van der Waals surface area contributed by atoms with E-state index in [-0.39, 0.29) is 0 Å². The first kappa shape index (κ1) is 23.5. The van der Waals surface area contributed by atoms with Gasteiger partial charge in [-0.25, -0.2) is 0 Å². The third-order valence-electron chi connectivity index (χ3n) is 6.49. The molecule has 0 aliphatic rings. The molecule has 2 heterocycles. The van der Waals surface area contributed by atoms with Crippen LogP contribution in [0.15, 0.2) is 59.9 Å². The van der Waals surface area contributed by atoms with E-state index in [0.29, 0.717) is 17.1 Å². The van der Waals surface area contributed by atoms with Crippen molar-refractivity contribution in [3.63, 3.8) is 0 Å². The first-order valence-corrected chi connectivity index (χ1v) is 12.1. The summed E-state index contributed by atoms with van der Waals surface area (Å²) < 4.78 is 1.96. The minimum atomic E-state index is 0.413. The van der Waals surface area contributed by atoms with Crippen LogP contribution in [-0.2, 0) is 5.75 Å². The van der Waals surface area contributed by atoms with Gasteiger partial charge in [0.15, 0.2) is 11.0 Å². The van der Waals surface area contributed by atoms with Crippen molar-refractivity contribution in [2.45, 2.75) is 45.5 Å². The Morgan fingerprint density at radius 3 is 2.15 bits per heavy atom. The van der Waals surface area contributed by atoms with E-state index in [1.165, 1.54) is 33.4 Å². The Kier molecular flexibility index (Phi) is 6.95. The van der Waals surface area contributed by atoms with Gasteiger partial charge < -0.3 is 0 Å². The molecule has 6 heteroatoms. The first-order chi connectivity index (χ1) is 16.4. The lowest BCUT2D eigenvalue weighted by Crippen LogP contribution is -2.04. The molecular formula is C28H27N5S. The molecule has 5 nitrogen and oxygen atoms in total. The fourth-order valence-electron chi connectivity index (χ4n) is 4.03. The van der Waals surface area contributed by atoms with Gasteiger partial charge in [-0.05, 0) is 98.3 Å². The van der Waals surface area contributed by atoms with E-state index < -0.39 is 0 Å². The molecule has 0 N–H and O–H groups in total. The quantitative estimate of drug-likeness (QED) is 0.238. The van der Waals surface area contributed by atoms with Gasteiger partial charge in [-0.2, -0.15) is 5.26 Å². The molecule has 0 spiro atoms. The molecule has 34 heavy (non-hydrogen) atoms. The van der Waals surface area contributed by atoms with Gasteiger partial charge >= 0.3 is 0 Å². The molecule has 0 bridgehead atoms. The molecule has 0 radical (unpaired) electrons. The second kappa shape index (κ2) is 10.1. The van der Waals surface area contributed by atoms with Crippen LogP contribution < -0.4 is 0 Å². The summed E-state index contributed by atoms with van der Waals surface area (Å²) >= 11 is 1.64. The maximum absolute atomic E-state index is 9.96. The van der Waals surface area contributed by atoms with E-state index in [4.69, 9.17) is 0 Å². The standard InChI is InChI=1S/C28H27N5S/c1-18-19(2)21(4)26(22(5)20(18)3)17-34-28-32-31-27(33(28)25-12-7-6-8-13-25)23(16-29)15-24-11-9-10-14-30-24/h6-15H,17H2,1-5H3. The summed E-state index contributed by atoms with van der Waals surface area (Å²) in [6.07, 6.45) is 3.46. The summed E-state index contributed by atoms with van der Waals surface area (Å²) in [5.41, 5.74) is 10.1. The molecule has 0 unspecified atom stereocenters. The van der Waals surface area contributed by atoms with Crippen LogP contribution >= 0.6 is 11.8 Å². The van der Waals surface area contributed by atoms with Gasteiger partial charge in [0, 0.05) is 17.6 Å². The largest absolute Gasteiger partial charge is 0.269 e. The predicted molar refractivity (Wildman–Crippen MR) is 139 cm³/mol. The van der Waals surface area contributed by atoms with Crippen molar-refractivity contribution in [3.8, 4) is 11.8 Å². The Hall–Kier alpha value is -3.69.